The van der Waals surface area contributed by atoms with E-state index in [1.165, 1.54) is 31.2 Å². The van der Waals surface area contributed by atoms with Gasteiger partial charge in [-0.25, -0.2) is 27.5 Å². The number of piperidine rings is 2. The largest absolute Gasteiger partial charge is 0.456 e. The van der Waals surface area contributed by atoms with Crippen LogP contribution >= 0.6 is 0 Å². The Labute approximate surface area is 415 Å². The van der Waals surface area contributed by atoms with Crippen LogP contribution in [-0.2, 0) is 19.1 Å². The van der Waals surface area contributed by atoms with Crippen LogP contribution in [0.25, 0.3) is 56.6 Å². The Bertz CT molecular complexity index is 3330. The first-order valence-electron chi connectivity index (χ1n) is 23.9. The van der Waals surface area contributed by atoms with Gasteiger partial charge in [-0.3, -0.25) is 14.4 Å². The predicted molar refractivity (Wildman–Crippen MR) is 256 cm³/mol. The molecule has 2 aromatic carbocycles. The summed E-state index contributed by atoms with van der Waals surface area (Å²) in [5.41, 5.74) is 4.14. The minimum Gasteiger partial charge on any atom is -0.456 e. The van der Waals surface area contributed by atoms with Gasteiger partial charge < -0.3 is 29.6 Å². The Balaban J connectivity index is 0.000000180. The molecule has 0 saturated carbocycles. The molecule has 10 rings (SSSR count). The zero-order valence-corrected chi connectivity index (χ0v) is 40.6. The Hall–Kier alpha value is -7.95. The normalized spacial score (nSPS) is 14.6. The zero-order valence-electron chi connectivity index (χ0n) is 40.6. The summed E-state index contributed by atoms with van der Waals surface area (Å²) in [6, 6.07) is 13.9. The first-order valence-corrected chi connectivity index (χ1v) is 23.9. The number of carbonyl (C=O) groups excluding carboxylic acids is 3. The van der Waals surface area contributed by atoms with Crippen molar-refractivity contribution in [3.8, 4) is 45.3 Å². The van der Waals surface area contributed by atoms with Crippen molar-refractivity contribution in [2.75, 3.05) is 39.4 Å². The number of ether oxygens (including phenoxy) is 1. The lowest BCUT2D eigenvalue weighted by Gasteiger charge is -2.31. The minimum atomic E-state index is -0.733. The SMILES string of the molecule is CC(=O)OCC(=O)N1CCC(c2nc(-c3ccc(F)cc3F)c(-c3ccc4nnc(C(C)C)n4n3)[nH]2)CC1.CC(C)c1nnc2ccc(-c3[nH]c(C4CCN(C(=O)CO)CC4)nc3-c3ccc(F)cc3F)nn12. The summed E-state index contributed by atoms with van der Waals surface area (Å²) in [6.07, 6.45) is 2.50. The number of nitrogens with one attached hydrogen (secondary N) is 2. The van der Waals surface area contributed by atoms with Crippen LogP contribution in [0.4, 0.5) is 17.6 Å². The maximum absolute atomic E-state index is 14.9. The standard InChI is InChI=1S/C26H27F2N7O3.C24H25F2N7O2/c1-14(2)26-32-31-21-7-6-20(33-35(21)26)24-23(18-5-4-17(27)12-19(18)28)29-25(30-24)16-8-10-34(11-9-16)22(37)13-38-15(3)36;1-13(2)24-30-29-19-6-5-18(31-33(19)24)22-21(16-4-3-15(25)11-17(16)26)27-23(28-22)14-7-9-32(10-8-14)20(35)12-34/h4-7,12,14,16H,8-11,13H2,1-3H3,(H,29,30);3-6,11,13-14,34H,7-10,12H2,1-2H3,(H,27,28). The van der Waals surface area contributed by atoms with E-state index in [2.05, 4.69) is 30.4 Å². The van der Waals surface area contributed by atoms with Gasteiger partial charge in [0.2, 0.25) is 5.91 Å². The highest BCUT2D eigenvalue weighted by Crippen LogP contribution is 2.38. The number of aromatic nitrogens is 12. The van der Waals surface area contributed by atoms with Crippen LogP contribution in [0, 0.1) is 23.3 Å². The number of hydrogen-bond acceptors (Lipinski definition) is 13. The Kier molecular flexibility index (Phi) is 14.4. The summed E-state index contributed by atoms with van der Waals surface area (Å²) in [7, 11) is 0. The van der Waals surface area contributed by atoms with E-state index in [9.17, 15) is 31.9 Å². The monoisotopic (exact) mass is 1000 g/mol. The van der Waals surface area contributed by atoms with Crippen molar-refractivity contribution in [3.63, 3.8) is 0 Å². The Morgan fingerprint density at radius 3 is 1.44 bits per heavy atom. The van der Waals surface area contributed by atoms with Gasteiger partial charge in [-0.1, -0.05) is 27.7 Å². The van der Waals surface area contributed by atoms with Crippen LogP contribution in [0.1, 0.15) is 107 Å². The molecule has 3 N–H and O–H groups in total. The van der Waals surface area contributed by atoms with Crippen LogP contribution in [0.5, 0.6) is 0 Å². The van der Waals surface area contributed by atoms with Crippen molar-refractivity contribution in [2.45, 2.75) is 84.0 Å². The number of nitrogens with zero attached hydrogens (tertiary/aromatic N) is 12. The molecule has 2 amide bonds. The molecule has 2 saturated heterocycles. The van der Waals surface area contributed by atoms with Crippen molar-refractivity contribution in [3.05, 3.63) is 107 Å². The number of esters is 1. The molecule has 23 heteroatoms. The lowest BCUT2D eigenvalue weighted by atomic mass is 9.96. The molecule has 19 nitrogen and oxygen atoms in total. The summed E-state index contributed by atoms with van der Waals surface area (Å²) in [5.74, 6) is -1.09. The van der Waals surface area contributed by atoms with Crippen LogP contribution in [0.15, 0.2) is 60.7 Å². The molecule has 2 aliphatic heterocycles. The molecule has 8 heterocycles. The molecule has 0 bridgehead atoms. The van der Waals surface area contributed by atoms with Crippen LogP contribution < -0.4 is 0 Å². The third kappa shape index (κ3) is 10.5. The maximum atomic E-state index is 14.9. The number of rotatable bonds is 11. The van der Waals surface area contributed by atoms with Gasteiger partial charge >= 0.3 is 5.97 Å². The second-order valence-corrected chi connectivity index (χ2v) is 18.6. The van der Waals surface area contributed by atoms with Crippen molar-refractivity contribution in [1.29, 1.82) is 0 Å². The molecule has 380 valence electrons. The van der Waals surface area contributed by atoms with Gasteiger partial charge in [0.05, 0.1) is 11.4 Å². The van der Waals surface area contributed by atoms with E-state index in [4.69, 9.17) is 30.0 Å². The number of H-pyrrole nitrogens is 2. The van der Waals surface area contributed by atoms with Crippen LogP contribution in [0.2, 0.25) is 0 Å². The fourth-order valence-corrected chi connectivity index (χ4v) is 9.05. The molecule has 73 heavy (non-hydrogen) atoms. The first-order chi connectivity index (χ1) is 35.1. The minimum absolute atomic E-state index is 0.00128. The van der Waals surface area contributed by atoms with Crippen molar-refractivity contribution < 1.29 is 41.8 Å². The number of carbonyl (C=O) groups is 3. The predicted octanol–water partition coefficient (Wildman–Crippen LogP) is 7.13. The fourth-order valence-electron chi connectivity index (χ4n) is 9.05. The molecule has 0 spiro atoms. The van der Waals surface area contributed by atoms with E-state index >= 15 is 0 Å². The molecule has 0 radical (unpaired) electrons. The molecule has 0 aliphatic carbocycles. The fraction of sp³-hybridized carbons (Fsp3) is 0.380. The topological polar surface area (TPSA) is 231 Å². The smallest absolute Gasteiger partial charge is 0.303 e. The van der Waals surface area contributed by atoms with Gasteiger partial charge in [0, 0.05) is 80.0 Å². The molecule has 2 aliphatic rings. The van der Waals surface area contributed by atoms with Crippen molar-refractivity contribution in [2.24, 2.45) is 0 Å². The van der Waals surface area contributed by atoms with Gasteiger partial charge in [-0.15, -0.1) is 20.4 Å². The summed E-state index contributed by atoms with van der Waals surface area (Å²) in [6.45, 7) is 10.3. The highest BCUT2D eigenvalue weighted by Gasteiger charge is 2.31. The molecular formula is C50H52F4N14O5. The third-order valence-electron chi connectivity index (χ3n) is 12.9. The van der Waals surface area contributed by atoms with E-state index in [0.717, 1.165) is 12.1 Å². The molecule has 6 aromatic heterocycles. The van der Waals surface area contributed by atoms with Crippen molar-refractivity contribution in [1.82, 2.24) is 69.4 Å². The Morgan fingerprint density at radius 2 is 1.05 bits per heavy atom. The van der Waals surface area contributed by atoms with E-state index in [1.807, 2.05) is 27.7 Å². The molecule has 0 unspecified atom stereocenters. The van der Waals surface area contributed by atoms with Crippen LogP contribution in [0.3, 0.4) is 0 Å². The number of halogens is 4. The number of hydrogen-bond donors (Lipinski definition) is 3. The Morgan fingerprint density at radius 1 is 0.630 bits per heavy atom. The highest BCUT2D eigenvalue weighted by atomic mass is 19.1. The number of aliphatic hydroxyl groups excluding tert-OH is 1. The number of amides is 2. The zero-order chi connectivity index (χ0) is 51.7. The number of likely N-dealkylation sites (tertiary alicyclic amines) is 2. The second-order valence-electron chi connectivity index (χ2n) is 18.6. The average Bonchev–Trinajstić information content (AvgIpc) is 4.21. The summed E-state index contributed by atoms with van der Waals surface area (Å²) in [5, 5.41) is 35.3. The van der Waals surface area contributed by atoms with Gasteiger partial charge in [0.25, 0.3) is 5.91 Å². The lowest BCUT2D eigenvalue weighted by Crippen LogP contribution is -2.40. The highest BCUT2D eigenvalue weighted by molar-refractivity contribution is 5.81. The van der Waals surface area contributed by atoms with E-state index in [0.29, 0.717) is 121 Å². The molecule has 2 fully saturated rings. The number of imidazole rings is 2. The number of fused-ring (bicyclic) bond motifs is 2. The van der Waals surface area contributed by atoms with Crippen molar-refractivity contribution >= 4 is 29.1 Å². The molecule has 0 atom stereocenters. The number of benzene rings is 2. The first kappa shape index (κ1) is 50.0. The van der Waals surface area contributed by atoms with Gasteiger partial charge in [-0.05, 0) is 74.2 Å². The lowest BCUT2D eigenvalue weighted by molar-refractivity contribution is -0.150. The molecular weight excluding hydrogens is 953 g/mol. The van der Waals surface area contributed by atoms with E-state index < -0.39 is 35.8 Å². The van der Waals surface area contributed by atoms with Crippen LogP contribution in [-0.4, -0.2) is 132 Å². The van der Waals surface area contributed by atoms with Gasteiger partial charge in [0.1, 0.15) is 64.3 Å². The summed E-state index contributed by atoms with van der Waals surface area (Å²) in [4.78, 5) is 54.6. The molecule has 8 aromatic rings. The third-order valence-corrected chi connectivity index (χ3v) is 12.9. The summed E-state index contributed by atoms with van der Waals surface area (Å²) >= 11 is 0. The van der Waals surface area contributed by atoms with E-state index in [-0.39, 0.29) is 53.2 Å². The number of aromatic amines is 2. The maximum Gasteiger partial charge on any atom is 0.303 e. The second kappa shape index (κ2) is 21.0. The average molecular weight is 1010 g/mol. The summed E-state index contributed by atoms with van der Waals surface area (Å²) < 4.78 is 65.2. The van der Waals surface area contributed by atoms with Gasteiger partial charge in [0.15, 0.2) is 29.6 Å². The van der Waals surface area contributed by atoms with Gasteiger partial charge in [-0.2, -0.15) is 19.2 Å². The number of aliphatic hydroxyl groups is 1. The van der Waals surface area contributed by atoms with E-state index in [1.54, 1.807) is 43.1 Å². The quantitative estimate of drug-likeness (QED) is 0.0866.